The predicted molar refractivity (Wildman–Crippen MR) is 52.6 cm³/mol. The summed E-state index contributed by atoms with van der Waals surface area (Å²) in [5.74, 6) is -1.08. The molecule has 0 fully saturated rings. The van der Waals surface area contributed by atoms with E-state index in [1.54, 1.807) is 0 Å². The molecule has 0 aliphatic rings. The quantitative estimate of drug-likeness (QED) is 0.550. The Hall–Kier alpha value is -0.660. The van der Waals surface area contributed by atoms with Crippen LogP contribution in [-0.2, 0) is 19.4 Å². The molecule has 1 amide bonds. The van der Waals surface area contributed by atoms with Crippen molar-refractivity contribution in [1.82, 2.24) is 5.32 Å². The molecule has 6 nitrogen and oxygen atoms in total. The van der Waals surface area contributed by atoms with Gasteiger partial charge in [-0.1, -0.05) is 0 Å². The number of hydrogen-bond acceptors (Lipinski definition) is 5. The van der Waals surface area contributed by atoms with Crippen LogP contribution in [0, 0.1) is 0 Å². The standard InChI is InChI=1S/C7H16N2O4S/c1-13-4-6(3-8)9-7(10)5-14(2,11)12/h6H,3-5,8H2,1-2H3,(H,9,10). The smallest absolute Gasteiger partial charge is 0.235 e. The normalized spacial score (nSPS) is 13.6. The maximum absolute atomic E-state index is 11.1. The number of hydrogen-bond donors (Lipinski definition) is 2. The van der Waals surface area contributed by atoms with Gasteiger partial charge in [0.05, 0.1) is 12.6 Å². The van der Waals surface area contributed by atoms with Crippen molar-refractivity contribution < 1.29 is 17.9 Å². The molecule has 0 rings (SSSR count). The summed E-state index contributed by atoms with van der Waals surface area (Å²) >= 11 is 0. The van der Waals surface area contributed by atoms with Crippen LogP contribution < -0.4 is 11.1 Å². The summed E-state index contributed by atoms with van der Waals surface area (Å²) in [6, 6.07) is -0.339. The highest BCUT2D eigenvalue weighted by molar-refractivity contribution is 7.91. The van der Waals surface area contributed by atoms with Crippen LogP contribution in [0.25, 0.3) is 0 Å². The predicted octanol–water partition coefficient (Wildman–Crippen LogP) is -1.88. The second-order valence-electron chi connectivity index (χ2n) is 3.03. The van der Waals surface area contributed by atoms with Gasteiger partial charge in [0.25, 0.3) is 0 Å². The van der Waals surface area contributed by atoms with Gasteiger partial charge >= 0.3 is 0 Å². The molecular weight excluding hydrogens is 208 g/mol. The molecule has 0 saturated carbocycles. The Bertz CT molecular complexity index is 275. The minimum absolute atomic E-state index is 0.212. The number of nitrogens with one attached hydrogen (secondary N) is 1. The molecule has 0 aromatic heterocycles. The lowest BCUT2D eigenvalue weighted by molar-refractivity contribution is -0.119. The van der Waals surface area contributed by atoms with E-state index in [0.717, 1.165) is 6.26 Å². The summed E-state index contributed by atoms with van der Waals surface area (Å²) in [4.78, 5) is 11.1. The van der Waals surface area contributed by atoms with E-state index in [0.29, 0.717) is 0 Å². The van der Waals surface area contributed by atoms with Crippen molar-refractivity contribution in [2.75, 3.05) is 32.3 Å². The van der Waals surface area contributed by atoms with Gasteiger partial charge in [-0.15, -0.1) is 0 Å². The van der Waals surface area contributed by atoms with E-state index >= 15 is 0 Å². The Morgan fingerprint density at radius 1 is 1.57 bits per heavy atom. The number of rotatable bonds is 6. The second kappa shape index (κ2) is 5.94. The van der Waals surface area contributed by atoms with Crippen molar-refractivity contribution in [1.29, 1.82) is 0 Å². The number of amides is 1. The van der Waals surface area contributed by atoms with Crippen molar-refractivity contribution in [2.45, 2.75) is 6.04 Å². The van der Waals surface area contributed by atoms with Gasteiger partial charge in [-0.2, -0.15) is 0 Å². The first-order chi connectivity index (χ1) is 6.39. The van der Waals surface area contributed by atoms with Crippen LogP contribution in [0.5, 0.6) is 0 Å². The summed E-state index contributed by atoms with van der Waals surface area (Å²) in [7, 11) is -1.81. The molecule has 84 valence electrons. The van der Waals surface area contributed by atoms with Gasteiger partial charge in [-0.25, -0.2) is 8.42 Å². The van der Waals surface area contributed by atoms with Gasteiger partial charge in [0, 0.05) is 19.9 Å². The number of methoxy groups -OCH3 is 1. The van der Waals surface area contributed by atoms with Crippen molar-refractivity contribution in [3.63, 3.8) is 0 Å². The van der Waals surface area contributed by atoms with Gasteiger partial charge in [0.2, 0.25) is 5.91 Å². The second-order valence-corrected chi connectivity index (χ2v) is 5.17. The molecule has 0 bridgehead atoms. The fourth-order valence-corrected chi connectivity index (χ4v) is 1.44. The number of nitrogens with two attached hydrogens (primary N) is 1. The topological polar surface area (TPSA) is 98.5 Å². The third-order valence-corrected chi connectivity index (χ3v) is 2.20. The maximum Gasteiger partial charge on any atom is 0.235 e. The highest BCUT2D eigenvalue weighted by Gasteiger charge is 2.14. The van der Waals surface area contributed by atoms with Crippen LogP contribution in [0.3, 0.4) is 0 Å². The Balaban J connectivity index is 4.03. The van der Waals surface area contributed by atoms with E-state index in [-0.39, 0.29) is 19.2 Å². The van der Waals surface area contributed by atoms with Crippen LogP contribution in [-0.4, -0.2) is 52.6 Å². The van der Waals surface area contributed by atoms with Crippen LogP contribution >= 0.6 is 0 Å². The van der Waals surface area contributed by atoms with Gasteiger partial charge in [-0.3, -0.25) is 4.79 Å². The fraction of sp³-hybridized carbons (Fsp3) is 0.857. The van der Waals surface area contributed by atoms with Crippen molar-refractivity contribution in [3.8, 4) is 0 Å². The molecule has 0 aromatic carbocycles. The number of sulfone groups is 1. The zero-order valence-electron chi connectivity index (χ0n) is 8.32. The van der Waals surface area contributed by atoms with Crippen LogP contribution in [0.1, 0.15) is 0 Å². The van der Waals surface area contributed by atoms with Crippen molar-refractivity contribution in [2.24, 2.45) is 5.73 Å². The lowest BCUT2D eigenvalue weighted by Gasteiger charge is -2.15. The van der Waals surface area contributed by atoms with Gasteiger partial charge in [0.15, 0.2) is 9.84 Å². The first kappa shape index (κ1) is 13.3. The van der Waals surface area contributed by atoms with Gasteiger partial charge < -0.3 is 15.8 Å². The molecular formula is C7H16N2O4S. The molecule has 1 unspecified atom stereocenters. The largest absolute Gasteiger partial charge is 0.383 e. The van der Waals surface area contributed by atoms with Crippen molar-refractivity contribution in [3.05, 3.63) is 0 Å². The molecule has 7 heteroatoms. The molecule has 0 heterocycles. The summed E-state index contributed by atoms with van der Waals surface area (Å²) in [6.45, 7) is 0.481. The zero-order valence-corrected chi connectivity index (χ0v) is 9.13. The zero-order chi connectivity index (χ0) is 11.2. The number of carbonyl (C=O) groups is 1. The molecule has 14 heavy (non-hydrogen) atoms. The lowest BCUT2D eigenvalue weighted by atomic mass is 10.3. The molecule has 1 atom stereocenters. The van der Waals surface area contributed by atoms with Crippen LogP contribution in [0.4, 0.5) is 0 Å². The average Bonchev–Trinajstić information content (AvgIpc) is 2.00. The Kier molecular flexibility index (Phi) is 5.66. The minimum atomic E-state index is -3.29. The Morgan fingerprint density at radius 2 is 2.14 bits per heavy atom. The highest BCUT2D eigenvalue weighted by Crippen LogP contribution is 1.86. The van der Waals surface area contributed by atoms with E-state index in [9.17, 15) is 13.2 Å². The SMILES string of the molecule is COCC(CN)NC(=O)CS(C)(=O)=O. The van der Waals surface area contributed by atoms with E-state index in [1.165, 1.54) is 7.11 Å². The van der Waals surface area contributed by atoms with Crippen LogP contribution in [0.2, 0.25) is 0 Å². The molecule has 0 saturated heterocycles. The molecule has 0 aliphatic carbocycles. The monoisotopic (exact) mass is 224 g/mol. The summed E-state index contributed by atoms with van der Waals surface area (Å²) in [5, 5.41) is 2.46. The van der Waals surface area contributed by atoms with Gasteiger partial charge in [-0.05, 0) is 0 Å². The third kappa shape index (κ3) is 6.81. The average molecular weight is 224 g/mol. The summed E-state index contributed by atoms with van der Waals surface area (Å²) in [6.07, 6.45) is 1.00. The first-order valence-corrected chi connectivity index (χ1v) is 6.11. The summed E-state index contributed by atoms with van der Waals surface area (Å²) < 4.78 is 26.3. The maximum atomic E-state index is 11.1. The molecule has 0 aromatic rings. The highest BCUT2D eigenvalue weighted by atomic mass is 32.2. The van der Waals surface area contributed by atoms with E-state index in [2.05, 4.69) is 5.32 Å². The van der Waals surface area contributed by atoms with Crippen molar-refractivity contribution >= 4 is 15.7 Å². The van der Waals surface area contributed by atoms with E-state index in [4.69, 9.17) is 10.5 Å². The van der Waals surface area contributed by atoms with Crippen LogP contribution in [0.15, 0.2) is 0 Å². The minimum Gasteiger partial charge on any atom is -0.383 e. The van der Waals surface area contributed by atoms with E-state index < -0.39 is 21.5 Å². The summed E-state index contributed by atoms with van der Waals surface area (Å²) in [5.41, 5.74) is 5.33. The molecule has 0 aliphatic heterocycles. The first-order valence-electron chi connectivity index (χ1n) is 4.05. The molecule has 0 radical (unpaired) electrons. The number of carbonyl (C=O) groups excluding carboxylic acids is 1. The Morgan fingerprint density at radius 3 is 2.50 bits per heavy atom. The fourth-order valence-electron chi connectivity index (χ4n) is 0.877. The van der Waals surface area contributed by atoms with E-state index in [1.807, 2.05) is 0 Å². The Labute approximate surface area is 83.7 Å². The number of ether oxygens (including phenoxy) is 1. The lowest BCUT2D eigenvalue weighted by Crippen LogP contribution is -2.45. The molecule has 0 spiro atoms. The van der Waals surface area contributed by atoms with Gasteiger partial charge in [0.1, 0.15) is 5.75 Å². The third-order valence-electron chi connectivity index (χ3n) is 1.41. The molecule has 3 N–H and O–H groups in total.